The van der Waals surface area contributed by atoms with Crippen molar-refractivity contribution in [2.24, 2.45) is 0 Å². The van der Waals surface area contributed by atoms with Crippen molar-refractivity contribution < 1.29 is 9.90 Å². The summed E-state index contributed by atoms with van der Waals surface area (Å²) >= 11 is 5.84. The number of aryl methyl sites for hydroxylation is 2. The standard InChI is InChI=1S/C16H20ClN3O2/c1-12-18-8-10-20(12)9-2-3-16(22)19-15(11-21)13-4-6-14(17)7-5-13/h4-8,10,15,21H,2-3,9,11H2,1H3,(H,19,22). The molecule has 1 aromatic carbocycles. The number of hydrogen-bond donors (Lipinski definition) is 2. The lowest BCUT2D eigenvalue weighted by atomic mass is 10.1. The van der Waals surface area contributed by atoms with Crippen molar-refractivity contribution in [3.8, 4) is 0 Å². The number of imidazole rings is 1. The zero-order valence-electron chi connectivity index (χ0n) is 12.5. The van der Waals surface area contributed by atoms with Gasteiger partial charge in [-0.3, -0.25) is 4.79 Å². The minimum Gasteiger partial charge on any atom is -0.394 e. The summed E-state index contributed by atoms with van der Waals surface area (Å²) in [5.74, 6) is 0.863. The molecule has 5 nitrogen and oxygen atoms in total. The molecule has 0 aliphatic heterocycles. The zero-order valence-corrected chi connectivity index (χ0v) is 13.3. The monoisotopic (exact) mass is 321 g/mol. The fourth-order valence-electron chi connectivity index (χ4n) is 2.25. The van der Waals surface area contributed by atoms with E-state index in [-0.39, 0.29) is 12.5 Å². The van der Waals surface area contributed by atoms with Gasteiger partial charge in [0.2, 0.25) is 5.91 Å². The Morgan fingerprint density at radius 3 is 2.73 bits per heavy atom. The molecule has 0 saturated carbocycles. The topological polar surface area (TPSA) is 67.2 Å². The molecule has 0 saturated heterocycles. The van der Waals surface area contributed by atoms with Gasteiger partial charge in [0.15, 0.2) is 0 Å². The Morgan fingerprint density at radius 1 is 1.41 bits per heavy atom. The second kappa shape index (κ2) is 7.96. The van der Waals surface area contributed by atoms with E-state index in [1.165, 1.54) is 0 Å². The predicted molar refractivity (Wildman–Crippen MR) is 85.6 cm³/mol. The molecule has 1 amide bonds. The highest BCUT2D eigenvalue weighted by molar-refractivity contribution is 6.30. The number of aromatic nitrogens is 2. The summed E-state index contributed by atoms with van der Waals surface area (Å²) in [6.07, 6.45) is 4.78. The fourth-order valence-corrected chi connectivity index (χ4v) is 2.37. The first-order valence-corrected chi connectivity index (χ1v) is 7.61. The van der Waals surface area contributed by atoms with Gasteiger partial charge in [-0.2, -0.15) is 0 Å². The van der Waals surface area contributed by atoms with E-state index >= 15 is 0 Å². The van der Waals surface area contributed by atoms with Crippen LogP contribution in [0.25, 0.3) is 0 Å². The third-order valence-corrected chi connectivity index (χ3v) is 3.77. The molecule has 0 radical (unpaired) electrons. The Bertz CT molecular complexity index is 610. The predicted octanol–water partition coefficient (Wildman–Crippen LogP) is 2.47. The molecule has 1 aromatic heterocycles. The van der Waals surface area contributed by atoms with Gasteiger partial charge >= 0.3 is 0 Å². The van der Waals surface area contributed by atoms with E-state index < -0.39 is 6.04 Å². The van der Waals surface area contributed by atoms with Crippen molar-refractivity contribution in [1.82, 2.24) is 14.9 Å². The molecule has 2 N–H and O–H groups in total. The SMILES string of the molecule is Cc1nccn1CCCC(=O)NC(CO)c1ccc(Cl)cc1. The lowest BCUT2D eigenvalue weighted by Gasteiger charge is -2.17. The molecule has 0 aliphatic rings. The summed E-state index contributed by atoms with van der Waals surface area (Å²) in [6.45, 7) is 2.54. The molecule has 2 aromatic rings. The van der Waals surface area contributed by atoms with Gasteiger partial charge in [0, 0.05) is 30.4 Å². The van der Waals surface area contributed by atoms with E-state index in [9.17, 15) is 9.90 Å². The van der Waals surface area contributed by atoms with Crippen LogP contribution in [0.5, 0.6) is 0 Å². The maximum Gasteiger partial charge on any atom is 0.220 e. The van der Waals surface area contributed by atoms with Crippen LogP contribution in [-0.4, -0.2) is 27.2 Å². The Kier molecular flexibility index (Phi) is 5.98. The number of carbonyl (C=O) groups is 1. The number of nitrogens with one attached hydrogen (secondary N) is 1. The van der Waals surface area contributed by atoms with Crippen molar-refractivity contribution in [2.75, 3.05) is 6.61 Å². The van der Waals surface area contributed by atoms with Crippen LogP contribution in [0.4, 0.5) is 0 Å². The third kappa shape index (κ3) is 4.58. The minimum absolute atomic E-state index is 0.0771. The molecule has 0 spiro atoms. The Labute approximate surface area is 134 Å². The number of aliphatic hydroxyl groups excluding tert-OH is 1. The highest BCUT2D eigenvalue weighted by Gasteiger charge is 2.13. The minimum atomic E-state index is -0.403. The summed E-state index contributed by atoms with van der Waals surface area (Å²) in [5, 5.41) is 12.9. The van der Waals surface area contributed by atoms with Crippen molar-refractivity contribution in [1.29, 1.82) is 0 Å². The van der Waals surface area contributed by atoms with Gasteiger partial charge in [0.1, 0.15) is 5.82 Å². The van der Waals surface area contributed by atoms with Crippen LogP contribution in [-0.2, 0) is 11.3 Å². The maximum absolute atomic E-state index is 12.0. The molecule has 118 valence electrons. The van der Waals surface area contributed by atoms with E-state index in [0.29, 0.717) is 11.4 Å². The number of aliphatic hydroxyl groups is 1. The number of benzene rings is 1. The molecule has 1 atom stereocenters. The number of amides is 1. The highest BCUT2D eigenvalue weighted by atomic mass is 35.5. The molecule has 6 heteroatoms. The van der Waals surface area contributed by atoms with Gasteiger partial charge in [-0.25, -0.2) is 4.98 Å². The Hall–Kier alpha value is -1.85. The van der Waals surface area contributed by atoms with Crippen LogP contribution < -0.4 is 5.32 Å². The number of nitrogens with zero attached hydrogens (tertiary/aromatic N) is 2. The van der Waals surface area contributed by atoms with E-state index in [0.717, 1.165) is 24.4 Å². The molecule has 0 aliphatic carbocycles. The summed E-state index contributed by atoms with van der Waals surface area (Å²) < 4.78 is 2.01. The molecule has 0 bridgehead atoms. The average Bonchev–Trinajstić information content (AvgIpc) is 2.91. The molecule has 0 fully saturated rings. The van der Waals surface area contributed by atoms with Crippen molar-refractivity contribution in [2.45, 2.75) is 32.4 Å². The maximum atomic E-state index is 12.0. The number of carbonyl (C=O) groups excluding carboxylic acids is 1. The first kappa shape index (κ1) is 16.5. The Morgan fingerprint density at radius 2 is 2.14 bits per heavy atom. The normalized spacial score (nSPS) is 12.1. The van der Waals surface area contributed by atoms with Crippen LogP contribution in [0.2, 0.25) is 5.02 Å². The zero-order chi connectivity index (χ0) is 15.9. The van der Waals surface area contributed by atoms with Gasteiger partial charge in [-0.05, 0) is 31.0 Å². The van der Waals surface area contributed by atoms with Crippen LogP contribution >= 0.6 is 11.6 Å². The van der Waals surface area contributed by atoms with Crippen LogP contribution in [0.3, 0.4) is 0 Å². The van der Waals surface area contributed by atoms with E-state index in [1.54, 1.807) is 30.5 Å². The van der Waals surface area contributed by atoms with Gasteiger partial charge in [0.05, 0.1) is 12.6 Å². The fraction of sp³-hybridized carbons (Fsp3) is 0.375. The van der Waals surface area contributed by atoms with E-state index in [4.69, 9.17) is 11.6 Å². The number of hydrogen-bond acceptors (Lipinski definition) is 3. The van der Waals surface area contributed by atoms with Crippen molar-refractivity contribution in [3.05, 3.63) is 53.1 Å². The lowest BCUT2D eigenvalue weighted by molar-refractivity contribution is -0.122. The highest BCUT2D eigenvalue weighted by Crippen LogP contribution is 2.16. The summed E-state index contributed by atoms with van der Waals surface area (Å²) in [5.41, 5.74) is 0.839. The third-order valence-electron chi connectivity index (χ3n) is 3.52. The smallest absolute Gasteiger partial charge is 0.220 e. The van der Waals surface area contributed by atoms with E-state index in [1.807, 2.05) is 17.7 Å². The van der Waals surface area contributed by atoms with E-state index in [2.05, 4.69) is 10.3 Å². The molecular formula is C16H20ClN3O2. The first-order valence-electron chi connectivity index (χ1n) is 7.23. The van der Waals surface area contributed by atoms with Gasteiger partial charge in [0.25, 0.3) is 0 Å². The molecule has 22 heavy (non-hydrogen) atoms. The molecule has 1 heterocycles. The van der Waals surface area contributed by atoms with Crippen molar-refractivity contribution >= 4 is 17.5 Å². The summed E-state index contributed by atoms with van der Waals surface area (Å²) in [4.78, 5) is 16.1. The second-order valence-electron chi connectivity index (χ2n) is 5.13. The van der Waals surface area contributed by atoms with Gasteiger partial charge in [-0.1, -0.05) is 23.7 Å². The Balaban J connectivity index is 1.82. The first-order chi connectivity index (χ1) is 10.6. The lowest BCUT2D eigenvalue weighted by Crippen LogP contribution is -2.30. The number of halogens is 1. The van der Waals surface area contributed by atoms with Crippen LogP contribution in [0.1, 0.15) is 30.3 Å². The summed E-state index contributed by atoms with van der Waals surface area (Å²) in [7, 11) is 0. The quantitative estimate of drug-likeness (QED) is 0.823. The van der Waals surface area contributed by atoms with Crippen LogP contribution in [0.15, 0.2) is 36.7 Å². The largest absolute Gasteiger partial charge is 0.394 e. The molecule has 2 rings (SSSR count). The van der Waals surface area contributed by atoms with Gasteiger partial charge in [-0.15, -0.1) is 0 Å². The molecule has 1 unspecified atom stereocenters. The summed E-state index contributed by atoms with van der Waals surface area (Å²) in [6, 6.07) is 6.69. The molecular weight excluding hydrogens is 302 g/mol. The average molecular weight is 322 g/mol. The number of rotatable bonds is 7. The second-order valence-corrected chi connectivity index (χ2v) is 5.56. The van der Waals surface area contributed by atoms with Crippen molar-refractivity contribution in [3.63, 3.8) is 0 Å². The van der Waals surface area contributed by atoms with Crippen LogP contribution in [0, 0.1) is 6.92 Å². The van der Waals surface area contributed by atoms with Gasteiger partial charge < -0.3 is 15.0 Å².